The zero-order chi connectivity index (χ0) is 18.4. The zero-order valence-corrected chi connectivity index (χ0v) is 14.8. The lowest BCUT2D eigenvalue weighted by molar-refractivity contribution is 0.0975. The van der Waals surface area contributed by atoms with Gasteiger partial charge in [0.05, 0.1) is 5.56 Å². The summed E-state index contributed by atoms with van der Waals surface area (Å²) in [4.78, 5) is 15.2. The molecule has 0 saturated heterocycles. The fraction of sp³-hybridized carbons (Fsp3) is 0.136. The third-order valence-electron chi connectivity index (χ3n) is 4.92. The summed E-state index contributed by atoms with van der Waals surface area (Å²) in [6.45, 7) is 2.25. The molecule has 3 aromatic carbocycles. The van der Waals surface area contributed by atoms with E-state index in [1.165, 1.54) is 0 Å². The maximum Gasteiger partial charge on any atom is 0.262 e. The van der Waals surface area contributed by atoms with Gasteiger partial charge in [-0.2, -0.15) is 0 Å². The highest BCUT2D eigenvalue weighted by molar-refractivity contribution is 6.12. The monoisotopic (exact) mass is 358 g/mol. The number of fused-ring (bicyclic) bond motifs is 2. The summed E-state index contributed by atoms with van der Waals surface area (Å²) in [6.07, 6.45) is -0.344. The van der Waals surface area contributed by atoms with Gasteiger partial charge in [0.2, 0.25) is 6.79 Å². The molecule has 5 nitrogen and oxygen atoms in total. The summed E-state index contributed by atoms with van der Waals surface area (Å²) in [5, 5.41) is 3.51. The van der Waals surface area contributed by atoms with Crippen LogP contribution in [0.2, 0.25) is 0 Å². The molecule has 5 heteroatoms. The Kier molecular flexibility index (Phi) is 3.53. The number of nitrogens with one attached hydrogen (secondary N) is 1. The molecule has 134 valence electrons. The van der Waals surface area contributed by atoms with E-state index in [4.69, 9.17) is 9.47 Å². The van der Waals surface area contributed by atoms with E-state index >= 15 is 0 Å². The van der Waals surface area contributed by atoms with Crippen LogP contribution in [0, 0.1) is 6.92 Å². The van der Waals surface area contributed by atoms with Crippen LogP contribution in [-0.4, -0.2) is 12.7 Å². The molecule has 0 bridgehead atoms. The van der Waals surface area contributed by atoms with Gasteiger partial charge in [-0.1, -0.05) is 30.3 Å². The summed E-state index contributed by atoms with van der Waals surface area (Å²) in [5.41, 5.74) is 4.38. The minimum Gasteiger partial charge on any atom is -0.454 e. The standard InChI is InChI=1S/C22H18N2O3/c1-14-5-4-6-16(11-14)24-21(15-9-10-19-20(12-15)27-13-26-19)23-18-8-3-2-7-17(18)22(24)25/h2-12,21,23H,13H2,1H3/t21-/m1/s1. The smallest absolute Gasteiger partial charge is 0.262 e. The Balaban J connectivity index is 1.66. The molecule has 0 unspecified atom stereocenters. The molecule has 5 rings (SSSR count). The van der Waals surface area contributed by atoms with Crippen molar-refractivity contribution < 1.29 is 14.3 Å². The van der Waals surface area contributed by atoms with Gasteiger partial charge in [-0.05, 0) is 54.4 Å². The first-order valence-electron chi connectivity index (χ1n) is 8.86. The third-order valence-corrected chi connectivity index (χ3v) is 4.92. The SMILES string of the molecule is Cc1cccc(N2C(=O)c3ccccc3N[C@H]2c2ccc3c(c2)OCO3)c1. The molecule has 0 spiro atoms. The van der Waals surface area contributed by atoms with Crippen molar-refractivity contribution in [1.82, 2.24) is 0 Å². The molecule has 2 heterocycles. The number of anilines is 2. The summed E-state index contributed by atoms with van der Waals surface area (Å²) in [7, 11) is 0. The van der Waals surface area contributed by atoms with Crippen molar-refractivity contribution in [1.29, 1.82) is 0 Å². The first kappa shape index (κ1) is 15.8. The largest absolute Gasteiger partial charge is 0.454 e. The average molecular weight is 358 g/mol. The summed E-state index contributed by atoms with van der Waals surface area (Å²) < 4.78 is 11.0. The number of rotatable bonds is 2. The number of carbonyl (C=O) groups is 1. The number of para-hydroxylation sites is 1. The number of carbonyl (C=O) groups excluding carboxylic acids is 1. The molecule has 0 fully saturated rings. The number of benzene rings is 3. The van der Waals surface area contributed by atoms with E-state index in [0.29, 0.717) is 11.3 Å². The molecule has 0 aliphatic carbocycles. The van der Waals surface area contributed by atoms with Crippen molar-refractivity contribution in [3.05, 3.63) is 83.4 Å². The second kappa shape index (κ2) is 6.06. The molecule has 0 radical (unpaired) electrons. The van der Waals surface area contributed by atoms with Gasteiger partial charge in [0.1, 0.15) is 6.17 Å². The first-order chi connectivity index (χ1) is 13.2. The van der Waals surface area contributed by atoms with E-state index in [1.54, 1.807) is 4.90 Å². The normalized spacial score (nSPS) is 17.4. The maximum atomic E-state index is 13.4. The molecule has 0 saturated carbocycles. The van der Waals surface area contributed by atoms with Crippen LogP contribution >= 0.6 is 0 Å². The van der Waals surface area contributed by atoms with E-state index in [9.17, 15) is 4.79 Å². The summed E-state index contributed by atoms with van der Waals surface area (Å²) in [6, 6.07) is 21.4. The molecule has 1 atom stereocenters. The van der Waals surface area contributed by atoms with Crippen LogP contribution in [0.4, 0.5) is 11.4 Å². The Morgan fingerprint density at radius 1 is 0.963 bits per heavy atom. The minimum absolute atomic E-state index is 0.0300. The van der Waals surface area contributed by atoms with Crippen LogP contribution in [0.5, 0.6) is 11.5 Å². The maximum absolute atomic E-state index is 13.4. The highest BCUT2D eigenvalue weighted by Gasteiger charge is 2.34. The first-order valence-corrected chi connectivity index (χ1v) is 8.86. The van der Waals surface area contributed by atoms with E-state index in [-0.39, 0.29) is 18.9 Å². The Labute approximate surface area is 157 Å². The lowest BCUT2D eigenvalue weighted by Gasteiger charge is -2.38. The molecular formula is C22H18N2O3. The fourth-order valence-electron chi connectivity index (χ4n) is 3.61. The van der Waals surface area contributed by atoms with Crippen LogP contribution in [0.1, 0.15) is 27.7 Å². The summed E-state index contributed by atoms with van der Waals surface area (Å²) in [5.74, 6) is 1.39. The second-order valence-corrected chi connectivity index (χ2v) is 6.72. The molecule has 0 aromatic heterocycles. The van der Waals surface area contributed by atoms with Gasteiger partial charge in [-0.25, -0.2) is 0 Å². The Hall–Kier alpha value is -3.47. The van der Waals surface area contributed by atoms with E-state index in [1.807, 2.05) is 73.7 Å². The van der Waals surface area contributed by atoms with E-state index in [2.05, 4.69) is 5.32 Å². The zero-order valence-electron chi connectivity index (χ0n) is 14.8. The number of hydrogen-bond acceptors (Lipinski definition) is 4. The summed E-state index contributed by atoms with van der Waals surface area (Å²) >= 11 is 0. The molecule has 1 amide bonds. The Morgan fingerprint density at radius 3 is 2.70 bits per heavy atom. The van der Waals surface area contributed by atoms with Crippen LogP contribution in [-0.2, 0) is 0 Å². The van der Waals surface area contributed by atoms with Crippen molar-refractivity contribution in [2.75, 3.05) is 17.0 Å². The molecule has 2 aliphatic rings. The number of hydrogen-bond donors (Lipinski definition) is 1. The van der Waals surface area contributed by atoms with E-state index in [0.717, 1.165) is 28.3 Å². The predicted octanol–water partition coefficient (Wildman–Crippen LogP) is 4.49. The van der Waals surface area contributed by atoms with Gasteiger partial charge in [0, 0.05) is 11.4 Å². The number of ether oxygens (including phenoxy) is 2. The van der Waals surface area contributed by atoms with Crippen LogP contribution in [0.3, 0.4) is 0 Å². The van der Waals surface area contributed by atoms with E-state index < -0.39 is 0 Å². The van der Waals surface area contributed by atoms with Crippen LogP contribution in [0.25, 0.3) is 0 Å². The van der Waals surface area contributed by atoms with Gasteiger partial charge in [-0.3, -0.25) is 9.69 Å². The fourth-order valence-corrected chi connectivity index (χ4v) is 3.61. The number of nitrogens with zero attached hydrogens (tertiary/aromatic N) is 1. The quantitative estimate of drug-likeness (QED) is 0.733. The van der Waals surface area contributed by atoms with Gasteiger partial charge in [0.25, 0.3) is 5.91 Å². The topological polar surface area (TPSA) is 50.8 Å². The lowest BCUT2D eigenvalue weighted by atomic mass is 10.0. The molecule has 27 heavy (non-hydrogen) atoms. The van der Waals surface area contributed by atoms with Gasteiger partial charge >= 0.3 is 0 Å². The second-order valence-electron chi connectivity index (χ2n) is 6.72. The predicted molar refractivity (Wildman–Crippen MR) is 103 cm³/mol. The molecule has 1 N–H and O–H groups in total. The van der Waals surface area contributed by atoms with Gasteiger partial charge in [0.15, 0.2) is 11.5 Å². The highest BCUT2D eigenvalue weighted by atomic mass is 16.7. The highest BCUT2D eigenvalue weighted by Crippen LogP contribution is 2.40. The lowest BCUT2D eigenvalue weighted by Crippen LogP contribution is -2.43. The molecular weight excluding hydrogens is 340 g/mol. The average Bonchev–Trinajstić information content (AvgIpc) is 3.15. The Morgan fingerprint density at radius 2 is 1.81 bits per heavy atom. The van der Waals surface area contributed by atoms with Crippen molar-refractivity contribution in [3.8, 4) is 11.5 Å². The third kappa shape index (κ3) is 2.59. The Bertz CT molecular complexity index is 1050. The van der Waals surface area contributed by atoms with Crippen molar-refractivity contribution in [3.63, 3.8) is 0 Å². The molecule has 3 aromatic rings. The number of amides is 1. The van der Waals surface area contributed by atoms with Crippen molar-refractivity contribution in [2.45, 2.75) is 13.1 Å². The molecule has 2 aliphatic heterocycles. The van der Waals surface area contributed by atoms with Crippen LogP contribution < -0.4 is 19.7 Å². The minimum atomic E-state index is -0.344. The van der Waals surface area contributed by atoms with Crippen LogP contribution in [0.15, 0.2) is 66.7 Å². The van der Waals surface area contributed by atoms with Gasteiger partial charge < -0.3 is 14.8 Å². The van der Waals surface area contributed by atoms with Crippen molar-refractivity contribution >= 4 is 17.3 Å². The number of aryl methyl sites for hydroxylation is 1. The van der Waals surface area contributed by atoms with Gasteiger partial charge in [-0.15, -0.1) is 0 Å². The van der Waals surface area contributed by atoms with Crippen molar-refractivity contribution in [2.24, 2.45) is 0 Å².